The number of halogens is 1. The average molecular weight is 276 g/mol. The summed E-state index contributed by atoms with van der Waals surface area (Å²) in [5, 5.41) is 2.53. The summed E-state index contributed by atoms with van der Waals surface area (Å²) >= 11 is 1.64. The topological polar surface area (TPSA) is 42.0 Å². The van der Waals surface area contributed by atoms with Crippen molar-refractivity contribution in [3.05, 3.63) is 54.1 Å². The van der Waals surface area contributed by atoms with Crippen molar-refractivity contribution in [1.82, 2.24) is 4.98 Å². The highest BCUT2D eigenvalue weighted by Gasteiger charge is 2.07. The molecule has 0 aliphatic rings. The van der Waals surface area contributed by atoms with E-state index in [1.165, 1.54) is 12.3 Å². The number of rotatable bonds is 4. The van der Waals surface area contributed by atoms with E-state index in [9.17, 15) is 9.18 Å². The van der Waals surface area contributed by atoms with Gasteiger partial charge in [0.05, 0.1) is 18.3 Å². The number of nitrogens with zero attached hydrogens (tertiary/aromatic N) is 1. The Morgan fingerprint density at radius 3 is 2.68 bits per heavy atom. The van der Waals surface area contributed by atoms with Crippen molar-refractivity contribution in [2.75, 3.05) is 11.6 Å². The van der Waals surface area contributed by atoms with Crippen LogP contribution in [0.1, 0.15) is 5.56 Å². The van der Waals surface area contributed by atoms with E-state index in [-0.39, 0.29) is 18.0 Å². The Labute approximate surface area is 115 Å². The van der Waals surface area contributed by atoms with Crippen LogP contribution in [0.3, 0.4) is 0 Å². The number of aromatic nitrogens is 1. The number of hydrogen-bond donors (Lipinski definition) is 1. The SMILES string of the molecule is CSc1ccc(CC(=O)Nc2ccncc2F)cc1. The highest BCUT2D eigenvalue weighted by atomic mass is 32.2. The molecule has 0 bridgehead atoms. The molecule has 3 nitrogen and oxygen atoms in total. The van der Waals surface area contributed by atoms with Crippen LogP contribution >= 0.6 is 11.8 Å². The average Bonchev–Trinajstić information content (AvgIpc) is 2.42. The predicted octanol–water partition coefficient (Wildman–Crippen LogP) is 3.12. The maximum absolute atomic E-state index is 13.3. The molecule has 1 N–H and O–H groups in total. The van der Waals surface area contributed by atoms with Gasteiger partial charge in [0.2, 0.25) is 5.91 Å². The molecule has 0 aliphatic carbocycles. The molecule has 0 saturated heterocycles. The Bertz CT molecular complexity index is 572. The van der Waals surface area contributed by atoms with Crippen molar-refractivity contribution >= 4 is 23.4 Å². The number of anilines is 1. The molecule has 0 atom stereocenters. The first-order valence-electron chi connectivity index (χ1n) is 5.71. The molecule has 2 rings (SSSR count). The van der Waals surface area contributed by atoms with Crippen molar-refractivity contribution in [3.8, 4) is 0 Å². The lowest BCUT2D eigenvalue weighted by Crippen LogP contribution is -2.15. The van der Waals surface area contributed by atoms with Gasteiger partial charge in [-0.3, -0.25) is 9.78 Å². The Morgan fingerprint density at radius 1 is 1.32 bits per heavy atom. The molecule has 98 valence electrons. The summed E-state index contributed by atoms with van der Waals surface area (Å²) in [5.74, 6) is -0.782. The molecule has 0 fully saturated rings. The van der Waals surface area contributed by atoms with Gasteiger partial charge in [-0.1, -0.05) is 12.1 Å². The van der Waals surface area contributed by atoms with Crippen LogP contribution in [0.15, 0.2) is 47.6 Å². The summed E-state index contributed by atoms with van der Waals surface area (Å²) in [6.07, 6.45) is 4.72. The van der Waals surface area contributed by atoms with Crippen molar-refractivity contribution < 1.29 is 9.18 Å². The molecular weight excluding hydrogens is 263 g/mol. The summed E-state index contributed by atoms with van der Waals surface area (Å²) in [5.41, 5.74) is 1.05. The van der Waals surface area contributed by atoms with E-state index in [1.807, 2.05) is 30.5 Å². The Balaban J connectivity index is 1.99. The maximum atomic E-state index is 13.3. The molecule has 1 heterocycles. The summed E-state index contributed by atoms with van der Waals surface area (Å²) in [6.45, 7) is 0. The van der Waals surface area contributed by atoms with E-state index in [2.05, 4.69) is 10.3 Å². The van der Waals surface area contributed by atoms with Crippen molar-refractivity contribution in [2.24, 2.45) is 0 Å². The molecule has 1 aromatic heterocycles. The lowest BCUT2D eigenvalue weighted by molar-refractivity contribution is -0.115. The van der Waals surface area contributed by atoms with Gasteiger partial charge in [-0.2, -0.15) is 0 Å². The molecule has 0 saturated carbocycles. The van der Waals surface area contributed by atoms with Gasteiger partial charge in [0.25, 0.3) is 0 Å². The number of carbonyl (C=O) groups excluding carboxylic acids is 1. The first-order chi connectivity index (χ1) is 9.19. The lowest BCUT2D eigenvalue weighted by atomic mass is 10.1. The van der Waals surface area contributed by atoms with Crippen molar-refractivity contribution in [2.45, 2.75) is 11.3 Å². The second-order valence-electron chi connectivity index (χ2n) is 3.93. The summed E-state index contributed by atoms with van der Waals surface area (Å²) in [7, 11) is 0. The molecule has 0 spiro atoms. The van der Waals surface area contributed by atoms with E-state index in [0.717, 1.165) is 16.7 Å². The molecule has 0 aliphatic heterocycles. The van der Waals surface area contributed by atoms with E-state index in [1.54, 1.807) is 11.8 Å². The highest BCUT2D eigenvalue weighted by molar-refractivity contribution is 7.98. The first-order valence-corrected chi connectivity index (χ1v) is 6.94. The second kappa shape index (κ2) is 6.33. The standard InChI is InChI=1S/C14H13FN2OS/c1-19-11-4-2-10(3-5-11)8-14(18)17-13-6-7-16-9-12(13)15/h2-7,9H,8H2,1H3,(H,16,17,18). The van der Waals surface area contributed by atoms with Crippen molar-refractivity contribution in [1.29, 1.82) is 0 Å². The first kappa shape index (κ1) is 13.5. The Hall–Kier alpha value is -1.88. The molecule has 1 aromatic carbocycles. The normalized spacial score (nSPS) is 10.2. The number of pyridine rings is 1. The zero-order valence-electron chi connectivity index (χ0n) is 10.4. The summed E-state index contributed by atoms with van der Waals surface area (Å²) in [6, 6.07) is 9.15. The zero-order valence-corrected chi connectivity index (χ0v) is 11.2. The van der Waals surface area contributed by atoms with E-state index in [4.69, 9.17) is 0 Å². The molecule has 1 amide bonds. The third kappa shape index (κ3) is 3.79. The molecule has 0 unspecified atom stereocenters. The van der Waals surface area contributed by atoms with Crippen LogP contribution in [-0.2, 0) is 11.2 Å². The fourth-order valence-corrected chi connectivity index (χ4v) is 2.01. The lowest BCUT2D eigenvalue weighted by Gasteiger charge is -2.06. The van der Waals surface area contributed by atoms with Crippen LogP contribution in [-0.4, -0.2) is 17.1 Å². The van der Waals surface area contributed by atoms with Gasteiger partial charge in [0.15, 0.2) is 5.82 Å². The van der Waals surface area contributed by atoms with Crippen molar-refractivity contribution in [3.63, 3.8) is 0 Å². The summed E-state index contributed by atoms with van der Waals surface area (Å²) in [4.78, 5) is 16.6. The maximum Gasteiger partial charge on any atom is 0.228 e. The van der Waals surface area contributed by atoms with Gasteiger partial charge in [-0.15, -0.1) is 11.8 Å². The highest BCUT2D eigenvalue weighted by Crippen LogP contribution is 2.16. The number of thioether (sulfide) groups is 1. The Kier molecular flexibility index (Phi) is 4.52. The van der Waals surface area contributed by atoms with Gasteiger partial charge < -0.3 is 5.32 Å². The fourth-order valence-electron chi connectivity index (χ4n) is 1.60. The molecular formula is C14H13FN2OS. The van der Waals surface area contributed by atoms with Gasteiger partial charge in [0.1, 0.15) is 0 Å². The monoisotopic (exact) mass is 276 g/mol. The number of nitrogens with one attached hydrogen (secondary N) is 1. The number of carbonyl (C=O) groups is 1. The predicted molar refractivity (Wildman–Crippen MR) is 74.8 cm³/mol. The smallest absolute Gasteiger partial charge is 0.228 e. The second-order valence-corrected chi connectivity index (χ2v) is 4.81. The van der Waals surface area contributed by atoms with Crippen LogP contribution in [0.5, 0.6) is 0 Å². The number of hydrogen-bond acceptors (Lipinski definition) is 3. The van der Waals surface area contributed by atoms with E-state index < -0.39 is 5.82 Å². The van der Waals surface area contributed by atoms with Crippen LogP contribution in [0.25, 0.3) is 0 Å². The number of benzene rings is 1. The fraction of sp³-hybridized carbons (Fsp3) is 0.143. The minimum Gasteiger partial charge on any atom is -0.323 e. The van der Waals surface area contributed by atoms with Gasteiger partial charge in [0, 0.05) is 11.1 Å². The minimum atomic E-state index is -0.534. The Morgan fingerprint density at radius 2 is 2.05 bits per heavy atom. The third-order valence-corrected chi connectivity index (χ3v) is 3.31. The van der Waals surface area contributed by atoms with Crippen LogP contribution in [0.4, 0.5) is 10.1 Å². The minimum absolute atomic E-state index is 0.153. The number of amides is 1. The quantitative estimate of drug-likeness (QED) is 0.872. The largest absolute Gasteiger partial charge is 0.323 e. The van der Waals surface area contributed by atoms with Gasteiger partial charge in [-0.25, -0.2) is 4.39 Å². The molecule has 2 aromatic rings. The molecule has 0 radical (unpaired) electrons. The van der Waals surface area contributed by atoms with Crippen LogP contribution in [0.2, 0.25) is 0 Å². The van der Waals surface area contributed by atoms with Crippen LogP contribution in [0, 0.1) is 5.82 Å². The molecule has 19 heavy (non-hydrogen) atoms. The van der Waals surface area contributed by atoms with E-state index >= 15 is 0 Å². The third-order valence-electron chi connectivity index (χ3n) is 2.57. The van der Waals surface area contributed by atoms with Gasteiger partial charge in [-0.05, 0) is 30.0 Å². The molecule has 5 heteroatoms. The summed E-state index contributed by atoms with van der Waals surface area (Å²) < 4.78 is 13.3. The van der Waals surface area contributed by atoms with Gasteiger partial charge >= 0.3 is 0 Å². The van der Waals surface area contributed by atoms with E-state index in [0.29, 0.717) is 0 Å². The zero-order chi connectivity index (χ0) is 13.7. The van der Waals surface area contributed by atoms with Crippen LogP contribution < -0.4 is 5.32 Å².